The molecular weight excluding hydrogens is 228 g/mol. The van der Waals surface area contributed by atoms with Crippen LogP contribution >= 0.6 is 0 Å². The van der Waals surface area contributed by atoms with Crippen LogP contribution in [0.15, 0.2) is 48.5 Å². The van der Waals surface area contributed by atoms with Gasteiger partial charge in [-0.05, 0) is 23.3 Å². The maximum Gasteiger partial charge on any atom is 0.161 e. The van der Waals surface area contributed by atoms with Crippen molar-refractivity contribution in [2.75, 3.05) is 13.2 Å². The molecule has 1 unspecified atom stereocenters. The average Bonchev–Trinajstić information content (AvgIpc) is 2.47. The summed E-state index contributed by atoms with van der Waals surface area (Å²) in [6.07, 6.45) is -0.637. The number of benzene rings is 2. The van der Waals surface area contributed by atoms with Gasteiger partial charge in [-0.25, -0.2) is 0 Å². The molecule has 0 bridgehead atoms. The van der Waals surface area contributed by atoms with E-state index in [1.54, 1.807) is 0 Å². The van der Waals surface area contributed by atoms with Crippen LogP contribution in [0.25, 0.3) is 0 Å². The third kappa shape index (κ3) is 2.05. The van der Waals surface area contributed by atoms with Crippen LogP contribution in [-0.4, -0.2) is 18.3 Å². The quantitative estimate of drug-likeness (QED) is 0.879. The van der Waals surface area contributed by atoms with Crippen molar-refractivity contribution < 1.29 is 14.6 Å². The molecule has 1 aliphatic heterocycles. The van der Waals surface area contributed by atoms with Crippen LogP contribution < -0.4 is 9.47 Å². The van der Waals surface area contributed by atoms with Gasteiger partial charge in [0.1, 0.15) is 19.3 Å². The average molecular weight is 242 g/mol. The zero-order valence-corrected chi connectivity index (χ0v) is 9.87. The van der Waals surface area contributed by atoms with E-state index in [1.807, 2.05) is 48.5 Å². The second kappa shape index (κ2) is 4.70. The molecule has 2 aromatic carbocycles. The third-order valence-electron chi connectivity index (χ3n) is 3.00. The van der Waals surface area contributed by atoms with E-state index in [0.29, 0.717) is 19.0 Å². The molecule has 1 atom stereocenters. The van der Waals surface area contributed by atoms with Gasteiger partial charge < -0.3 is 14.6 Å². The number of fused-ring (bicyclic) bond motifs is 1. The highest BCUT2D eigenvalue weighted by Gasteiger charge is 2.16. The normalized spacial score (nSPS) is 15.2. The van der Waals surface area contributed by atoms with Crippen LogP contribution in [0.5, 0.6) is 11.5 Å². The van der Waals surface area contributed by atoms with E-state index in [9.17, 15) is 5.11 Å². The molecule has 0 aliphatic carbocycles. The second-order valence-corrected chi connectivity index (χ2v) is 4.22. The fourth-order valence-corrected chi connectivity index (χ4v) is 2.06. The third-order valence-corrected chi connectivity index (χ3v) is 3.00. The van der Waals surface area contributed by atoms with Gasteiger partial charge >= 0.3 is 0 Å². The van der Waals surface area contributed by atoms with Gasteiger partial charge in [0.05, 0.1) is 0 Å². The van der Waals surface area contributed by atoms with Crippen LogP contribution in [0.4, 0.5) is 0 Å². The summed E-state index contributed by atoms with van der Waals surface area (Å²) in [5.74, 6) is 1.44. The number of aliphatic hydroxyl groups excluding tert-OH is 1. The molecule has 2 aromatic rings. The lowest BCUT2D eigenvalue weighted by molar-refractivity contribution is 0.169. The van der Waals surface area contributed by atoms with Gasteiger partial charge in [0.25, 0.3) is 0 Å². The number of hydrogen-bond donors (Lipinski definition) is 1. The van der Waals surface area contributed by atoms with Crippen molar-refractivity contribution >= 4 is 0 Å². The molecule has 0 spiro atoms. The highest BCUT2D eigenvalue weighted by Crippen LogP contribution is 2.34. The van der Waals surface area contributed by atoms with Crippen molar-refractivity contribution in [3.05, 3.63) is 59.7 Å². The smallest absolute Gasteiger partial charge is 0.161 e. The van der Waals surface area contributed by atoms with E-state index in [4.69, 9.17) is 9.47 Å². The largest absolute Gasteiger partial charge is 0.486 e. The van der Waals surface area contributed by atoms with E-state index in [-0.39, 0.29) is 0 Å². The molecule has 0 amide bonds. The van der Waals surface area contributed by atoms with Gasteiger partial charge in [-0.15, -0.1) is 0 Å². The first kappa shape index (κ1) is 11.1. The van der Waals surface area contributed by atoms with Gasteiger partial charge in [-0.1, -0.05) is 36.4 Å². The molecule has 18 heavy (non-hydrogen) atoms. The Labute approximate surface area is 106 Å². The lowest BCUT2D eigenvalue weighted by atomic mass is 10.0. The Kier molecular flexibility index (Phi) is 2.90. The van der Waals surface area contributed by atoms with Gasteiger partial charge in [0.15, 0.2) is 11.5 Å². The molecule has 1 aliphatic rings. The molecule has 3 rings (SSSR count). The van der Waals surface area contributed by atoms with Gasteiger partial charge in [-0.3, -0.25) is 0 Å². The topological polar surface area (TPSA) is 38.7 Å². The van der Waals surface area contributed by atoms with E-state index < -0.39 is 6.10 Å². The van der Waals surface area contributed by atoms with Gasteiger partial charge in [-0.2, -0.15) is 0 Å². The standard InChI is InChI=1S/C15H14O3/c16-15(11-4-2-1-3-5-11)12-6-7-13-14(10-12)18-9-8-17-13/h1-7,10,15-16H,8-9H2. The predicted octanol–water partition coefficient (Wildman–Crippen LogP) is 2.54. The Morgan fingerprint density at radius 3 is 2.33 bits per heavy atom. The minimum atomic E-state index is -0.637. The van der Waals surface area contributed by atoms with Crippen molar-refractivity contribution in [3.63, 3.8) is 0 Å². The Bertz CT molecular complexity index is 537. The summed E-state index contributed by atoms with van der Waals surface area (Å²) in [4.78, 5) is 0. The lowest BCUT2D eigenvalue weighted by Crippen LogP contribution is -2.15. The maximum atomic E-state index is 10.3. The monoisotopic (exact) mass is 242 g/mol. The molecule has 1 N–H and O–H groups in total. The van der Waals surface area contributed by atoms with Crippen molar-refractivity contribution in [2.24, 2.45) is 0 Å². The Morgan fingerprint density at radius 1 is 0.833 bits per heavy atom. The lowest BCUT2D eigenvalue weighted by Gasteiger charge is -2.20. The van der Waals surface area contributed by atoms with Gasteiger partial charge in [0.2, 0.25) is 0 Å². The molecule has 0 saturated carbocycles. The van der Waals surface area contributed by atoms with E-state index in [2.05, 4.69) is 0 Å². The highest BCUT2D eigenvalue weighted by molar-refractivity contribution is 5.46. The summed E-state index contributed by atoms with van der Waals surface area (Å²) in [6, 6.07) is 15.1. The van der Waals surface area contributed by atoms with Crippen LogP contribution in [0.1, 0.15) is 17.2 Å². The molecule has 92 valence electrons. The predicted molar refractivity (Wildman–Crippen MR) is 67.9 cm³/mol. The summed E-state index contributed by atoms with van der Waals surface area (Å²) >= 11 is 0. The van der Waals surface area contributed by atoms with Gasteiger partial charge in [0, 0.05) is 0 Å². The Hall–Kier alpha value is -2.00. The summed E-state index contributed by atoms with van der Waals surface area (Å²) in [6.45, 7) is 1.13. The van der Waals surface area contributed by atoms with E-state index in [1.165, 1.54) is 0 Å². The molecule has 0 saturated heterocycles. The first-order chi connectivity index (χ1) is 8.84. The minimum Gasteiger partial charge on any atom is -0.486 e. The number of ether oxygens (including phenoxy) is 2. The van der Waals surface area contributed by atoms with E-state index >= 15 is 0 Å². The summed E-state index contributed by atoms with van der Waals surface area (Å²) in [7, 11) is 0. The number of hydrogen-bond acceptors (Lipinski definition) is 3. The molecule has 3 nitrogen and oxygen atoms in total. The summed E-state index contributed by atoms with van der Waals surface area (Å²) < 4.78 is 11.0. The number of aliphatic hydroxyl groups is 1. The molecular formula is C15H14O3. The zero-order chi connectivity index (χ0) is 12.4. The second-order valence-electron chi connectivity index (χ2n) is 4.22. The van der Waals surface area contributed by atoms with Crippen LogP contribution in [0, 0.1) is 0 Å². The fraction of sp³-hybridized carbons (Fsp3) is 0.200. The highest BCUT2D eigenvalue weighted by atomic mass is 16.6. The van der Waals surface area contributed by atoms with Crippen molar-refractivity contribution in [1.82, 2.24) is 0 Å². The van der Waals surface area contributed by atoms with E-state index in [0.717, 1.165) is 16.9 Å². The SMILES string of the molecule is OC(c1ccccc1)c1ccc2c(c1)OCCO2. The molecule has 1 heterocycles. The summed E-state index contributed by atoms with van der Waals surface area (Å²) in [5, 5.41) is 10.3. The fourth-order valence-electron chi connectivity index (χ4n) is 2.06. The summed E-state index contributed by atoms with van der Waals surface area (Å²) in [5.41, 5.74) is 1.68. The molecule has 0 fully saturated rings. The number of rotatable bonds is 2. The minimum absolute atomic E-state index is 0.553. The van der Waals surface area contributed by atoms with Crippen molar-refractivity contribution in [3.8, 4) is 11.5 Å². The Morgan fingerprint density at radius 2 is 1.56 bits per heavy atom. The first-order valence-electron chi connectivity index (χ1n) is 5.97. The first-order valence-corrected chi connectivity index (χ1v) is 5.97. The van der Waals surface area contributed by atoms with Crippen LogP contribution in [0.3, 0.4) is 0 Å². The molecule has 3 heteroatoms. The van der Waals surface area contributed by atoms with Crippen molar-refractivity contribution in [1.29, 1.82) is 0 Å². The van der Waals surface area contributed by atoms with Crippen LogP contribution in [0.2, 0.25) is 0 Å². The van der Waals surface area contributed by atoms with Crippen molar-refractivity contribution in [2.45, 2.75) is 6.10 Å². The molecule has 0 radical (unpaired) electrons. The molecule has 0 aromatic heterocycles. The Balaban J connectivity index is 1.93. The van der Waals surface area contributed by atoms with Crippen LogP contribution in [-0.2, 0) is 0 Å². The maximum absolute atomic E-state index is 10.3. The zero-order valence-electron chi connectivity index (χ0n) is 9.87.